The number of carbonyl (C=O) groups is 2. The number of rotatable bonds is 3. The van der Waals surface area contributed by atoms with E-state index in [0.717, 1.165) is 16.7 Å². The van der Waals surface area contributed by atoms with Gasteiger partial charge in [-0.25, -0.2) is 5.01 Å². The summed E-state index contributed by atoms with van der Waals surface area (Å²) in [5.41, 5.74) is 5.93. The molecule has 5 nitrogen and oxygen atoms in total. The molecule has 0 radical (unpaired) electrons. The molecule has 0 saturated carbocycles. The monoisotopic (exact) mass is 363 g/mol. The third kappa shape index (κ3) is 5.18. The zero-order valence-electron chi connectivity index (χ0n) is 16.5. The number of benzene rings is 2. The van der Waals surface area contributed by atoms with Gasteiger partial charge in [-0.15, -0.1) is 0 Å². The minimum absolute atomic E-state index is 0.260. The van der Waals surface area contributed by atoms with Crippen molar-refractivity contribution in [3.63, 3.8) is 0 Å². The molecule has 0 fully saturated rings. The lowest BCUT2D eigenvalue weighted by Gasteiger charge is -2.35. The molecular formula is C22H25N3O2. The molecule has 0 aliphatic carbocycles. The lowest BCUT2D eigenvalue weighted by atomic mass is 10.0. The zero-order valence-corrected chi connectivity index (χ0v) is 16.5. The number of hydrogen-bond donors (Lipinski definition) is 1. The van der Waals surface area contributed by atoms with Crippen LogP contribution in [-0.4, -0.2) is 22.4 Å². The Kier molecular flexibility index (Phi) is 6.02. The molecule has 140 valence electrons. The highest BCUT2D eigenvalue weighted by molar-refractivity contribution is 5.99. The molecule has 2 rings (SSSR count). The number of carbonyl (C=O) groups excluding carboxylic acids is 2. The van der Waals surface area contributed by atoms with E-state index in [1.807, 2.05) is 52.8 Å². The molecule has 27 heavy (non-hydrogen) atoms. The summed E-state index contributed by atoms with van der Waals surface area (Å²) in [6.45, 7) is 9.47. The molecule has 0 bridgehead atoms. The second-order valence-corrected chi connectivity index (χ2v) is 7.66. The third-order valence-corrected chi connectivity index (χ3v) is 4.06. The second-order valence-electron chi connectivity index (χ2n) is 7.66. The summed E-state index contributed by atoms with van der Waals surface area (Å²) in [6.07, 6.45) is 0.293. The number of nitrogens with zero attached hydrogens (tertiary/aromatic N) is 2. The minimum atomic E-state index is -0.606. The Hall–Kier alpha value is -3.13. The number of hydrazine groups is 1. The number of aryl methyl sites for hydroxylation is 2. The summed E-state index contributed by atoms with van der Waals surface area (Å²) >= 11 is 0. The van der Waals surface area contributed by atoms with Crippen LogP contribution >= 0.6 is 0 Å². The van der Waals surface area contributed by atoms with Crippen molar-refractivity contribution in [2.45, 2.75) is 46.6 Å². The number of hydrogen-bond acceptors (Lipinski definition) is 3. The quantitative estimate of drug-likeness (QED) is 0.839. The van der Waals surface area contributed by atoms with Gasteiger partial charge in [0.05, 0.1) is 18.0 Å². The predicted molar refractivity (Wildman–Crippen MR) is 105 cm³/mol. The van der Waals surface area contributed by atoms with Gasteiger partial charge < -0.3 is 0 Å². The van der Waals surface area contributed by atoms with Gasteiger partial charge in [0, 0.05) is 11.1 Å². The van der Waals surface area contributed by atoms with Crippen LogP contribution in [0.4, 0.5) is 0 Å². The molecule has 0 unspecified atom stereocenters. The third-order valence-electron chi connectivity index (χ3n) is 4.06. The number of nitrogens with one attached hydrogen (secondary N) is 1. The molecule has 2 amide bonds. The lowest BCUT2D eigenvalue weighted by Crippen LogP contribution is -2.55. The van der Waals surface area contributed by atoms with Crippen LogP contribution in [0.15, 0.2) is 42.5 Å². The van der Waals surface area contributed by atoms with Crippen molar-refractivity contribution in [1.29, 1.82) is 5.26 Å². The van der Waals surface area contributed by atoms with E-state index in [4.69, 9.17) is 5.26 Å². The van der Waals surface area contributed by atoms with Crippen molar-refractivity contribution in [3.05, 3.63) is 70.3 Å². The van der Waals surface area contributed by atoms with E-state index < -0.39 is 5.54 Å². The molecule has 0 aromatic heterocycles. The molecule has 2 aromatic rings. The van der Waals surface area contributed by atoms with Gasteiger partial charge in [0.25, 0.3) is 11.8 Å². The lowest BCUT2D eigenvalue weighted by molar-refractivity contribution is 0.0358. The van der Waals surface area contributed by atoms with Crippen molar-refractivity contribution >= 4 is 11.8 Å². The smallest absolute Gasteiger partial charge is 0.267 e. The molecule has 0 aliphatic rings. The maximum absolute atomic E-state index is 13.1. The Balaban J connectivity index is 2.27. The van der Waals surface area contributed by atoms with Gasteiger partial charge in [-0.1, -0.05) is 29.3 Å². The summed E-state index contributed by atoms with van der Waals surface area (Å²) in [7, 11) is 0. The summed E-state index contributed by atoms with van der Waals surface area (Å²) in [6, 6.07) is 14.5. The van der Waals surface area contributed by atoms with E-state index in [1.54, 1.807) is 24.3 Å². The Labute approximate surface area is 160 Å². The van der Waals surface area contributed by atoms with E-state index in [9.17, 15) is 9.59 Å². The summed E-state index contributed by atoms with van der Waals surface area (Å²) < 4.78 is 0. The van der Waals surface area contributed by atoms with Crippen LogP contribution in [0.1, 0.15) is 58.2 Å². The molecule has 5 heteroatoms. The van der Waals surface area contributed by atoms with Gasteiger partial charge in [0.2, 0.25) is 0 Å². The normalized spacial score (nSPS) is 10.8. The second kappa shape index (κ2) is 8.05. The summed E-state index contributed by atoms with van der Waals surface area (Å²) in [5, 5.41) is 10.1. The highest BCUT2D eigenvalue weighted by atomic mass is 16.2. The summed E-state index contributed by atoms with van der Waals surface area (Å²) in [5.74, 6) is -0.630. The van der Waals surface area contributed by atoms with E-state index >= 15 is 0 Å². The maximum Gasteiger partial charge on any atom is 0.272 e. The fourth-order valence-corrected chi connectivity index (χ4v) is 2.78. The first-order chi connectivity index (χ1) is 12.6. The van der Waals surface area contributed by atoms with Crippen LogP contribution < -0.4 is 5.43 Å². The first-order valence-electron chi connectivity index (χ1n) is 8.81. The van der Waals surface area contributed by atoms with Crippen LogP contribution in [0.2, 0.25) is 0 Å². The maximum atomic E-state index is 13.1. The van der Waals surface area contributed by atoms with E-state index in [-0.39, 0.29) is 11.8 Å². The van der Waals surface area contributed by atoms with Crippen molar-refractivity contribution in [1.82, 2.24) is 10.4 Å². The first-order valence-corrected chi connectivity index (χ1v) is 8.81. The predicted octanol–water partition coefficient (Wildman–Crippen LogP) is 3.96. The van der Waals surface area contributed by atoms with Gasteiger partial charge in [-0.05, 0) is 64.4 Å². The Morgan fingerprint density at radius 3 is 2.04 bits per heavy atom. The highest BCUT2D eigenvalue weighted by Crippen LogP contribution is 2.18. The Morgan fingerprint density at radius 2 is 1.56 bits per heavy atom. The largest absolute Gasteiger partial charge is 0.272 e. The van der Waals surface area contributed by atoms with Gasteiger partial charge in [-0.3, -0.25) is 15.0 Å². The Bertz CT molecular complexity index is 867. The minimum Gasteiger partial charge on any atom is -0.267 e. The molecule has 0 aliphatic heterocycles. The SMILES string of the molecule is Cc1cc(C)cc(C(=O)N(NC(=O)c2ccc(CC#N)cc2)C(C)(C)C)c1. The van der Waals surface area contributed by atoms with Crippen molar-refractivity contribution < 1.29 is 9.59 Å². The number of amides is 2. The molecular weight excluding hydrogens is 338 g/mol. The standard InChI is InChI=1S/C22H25N3O2/c1-15-12-16(2)14-19(13-15)21(27)25(22(3,4)5)24-20(26)18-8-6-17(7-9-18)10-11-23/h6-9,12-14H,10H2,1-5H3,(H,24,26). The molecule has 0 spiro atoms. The van der Waals surface area contributed by atoms with Gasteiger partial charge in [0.15, 0.2) is 0 Å². The molecule has 2 aromatic carbocycles. The van der Waals surface area contributed by atoms with Crippen molar-refractivity contribution in [2.24, 2.45) is 0 Å². The van der Waals surface area contributed by atoms with Crippen LogP contribution in [0.25, 0.3) is 0 Å². The van der Waals surface area contributed by atoms with Gasteiger partial charge in [-0.2, -0.15) is 5.26 Å². The summed E-state index contributed by atoms with van der Waals surface area (Å²) in [4.78, 5) is 25.7. The van der Waals surface area contributed by atoms with Crippen LogP contribution in [0.3, 0.4) is 0 Å². The zero-order chi connectivity index (χ0) is 20.2. The van der Waals surface area contributed by atoms with E-state index in [0.29, 0.717) is 17.5 Å². The van der Waals surface area contributed by atoms with Crippen LogP contribution in [-0.2, 0) is 6.42 Å². The topological polar surface area (TPSA) is 73.2 Å². The fourth-order valence-electron chi connectivity index (χ4n) is 2.78. The van der Waals surface area contributed by atoms with Gasteiger partial charge >= 0.3 is 0 Å². The molecule has 0 heterocycles. The Morgan fingerprint density at radius 1 is 1.00 bits per heavy atom. The van der Waals surface area contributed by atoms with Crippen LogP contribution in [0.5, 0.6) is 0 Å². The van der Waals surface area contributed by atoms with Crippen molar-refractivity contribution in [3.8, 4) is 6.07 Å². The number of nitriles is 1. The van der Waals surface area contributed by atoms with E-state index in [1.165, 1.54) is 5.01 Å². The highest BCUT2D eigenvalue weighted by Gasteiger charge is 2.29. The average molecular weight is 363 g/mol. The average Bonchev–Trinajstić information content (AvgIpc) is 2.58. The van der Waals surface area contributed by atoms with E-state index in [2.05, 4.69) is 11.5 Å². The van der Waals surface area contributed by atoms with Crippen molar-refractivity contribution in [2.75, 3.05) is 0 Å². The fraction of sp³-hybridized carbons (Fsp3) is 0.318. The molecule has 1 N–H and O–H groups in total. The molecule has 0 atom stereocenters. The molecule has 0 saturated heterocycles. The van der Waals surface area contributed by atoms with Gasteiger partial charge in [0.1, 0.15) is 0 Å². The first kappa shape index (κ1) is 20.2. The van der Waals surface area contributed by atoms with Crippen LogP contribution in [0, 0.1) is 25.2 Å².